The van der Waals surface area contributed by atoms with Gasteiger partial charge in [-0.05, 0) is 47.7 Å². The molecule has 32 heavy (non-hydrogen) atoms. The number of thioether (sulfide) groups is 1. The summed E-state index contributed by atoms with van der Waals surface area (Å²) >= 11 is 1.63. The van der Waals surface area contributed by atoms with Crippen molar-refractivity contribution >= 4 is 35.0 Å². The monoisotopic (exact) mass is 452 g/mol. The normalized spacial score (nSPS) is 16.1. The van der Waals surface area contributed by atoms with Gasteiger partial charge in [-0.1, -0.05) is 77.1 Å². The minimum atomic E-state index is -0.0807. The zero-order valence-electron chi connectivity index (χ0n) is 19.6. The molecule has 1 aliphatic heterocycles. The Balaban J connectivity index is 1.63. The summed E-state index contributed by atoms with van der Waals surface area (Å²) in [4.78, 5) is 26.9. The van der Waals surface area contributed by atoms with Gasteiger partial charge in [-0.2, -0.15) is 0 Å². The van der Waals surface area contributed by atoms with Crippen molar-refractivity contribution in [3.8, 4) is 0 Å². The second kappa shape index (κ2) is 12.1. The molecule has 0 saturated carbocycles. The van der Waals surface area contributed by atoms with Crippen molar-refractivity contribution in [1.29, 1.82) is 0 Å². The fourth-order valence-corrected chi connectivity index (χ4v) is 5.20. The topological polar surface area (TPSA) is 49.4 Å². The summed E-state index contributed by atoms with van der Waals surface area (Å²) in [6.07, 6.45) is 7.58. The standard InChI is InChI=1S/C27H36N2O2S/c1-4-5-6-7-8-9-13-25(30)28-23-12-10-11-22(18-23)27-29(26(31)19-32-27)24-16-14-21(15-17-24)20(2)3/h10-12,14-18,20,27H,4-9,13,19H2,1-3H3,(H,28,30)/t27-/m0/s1. The van der Waals surface area contributed by atoms with Crippen LogP contribution in [0.2, 0.25) is 0 Å². The lowest BCUT2D eigenvalue weighted by molar-refractivity contribution is -0.117. The number of unbranched alkanes of at least 4 members (excludes halogenated alkanes) is 5. The summed E-state index contributed by atoms with van der Waals surface area (Å²) in [5.41, 5.74) is 4.02. The Bertz CT molecular complexity index is 895. The van der Waals surface area contributed by atoms with Crippen LogP contribution < -0.4 is 10.2 Å². The Hall–Kier alpha value is -2.27. The molecule has 0 unspecified atom stereocenters. The van der Waals surface area contributed by atoms with Crippen molar-refractivity contribution in [3.63, 3.8) is 0 Å². The van der Waals surface area contributed by atoms with E-state index in [1.807, 2.05) is 41.3 Å². The number of amides is 2. The molecule has 172 valence electrons. The van der Waals surface area contributed by atoms with Gasteiger partial charge in [-0.25, -0.2) is 0 Å². The molecule has 1 N–H and O–H groups in total. The Morgan fingerprint density at radius 1 is 1.06 bits per heavy atom. The first-order valence-electron chi connectivity index (χ1n) is 11.9. The zero-order valence-corrected chi connectivity index (χ0v) is 20.4. The van der Waals surface area contributed by atoms with E-state index in [0.29, 0.717) is 18.1 Å². The minimum Gasteiger partial charge on any atom is -0.326 e. The largest absolute Gasteiger partial charge is 0.326 e. The van der Waals surface area contributed by atoms with Gasteiger partial charge in [0.25, 0.3) is 0 Å². The molecule has 2 aromatic rings. The van der Waals surface area contributed by atoms with Gasteiger partial charge in [-0.3, -0.25) is 14.5 Å². The van der Waals surface area contributed by atoms with Gasteiger partial charge in [0.1, 0.15) is 5.37 Å². The van der Waals surface area contributed by atoms with Crippen LogP contribution in [-0.4, -0.2) is 17.6 Å². The summed E-state index contributed by atoms with van der Waals surface area (Å²) in [6.45, 7) is 6.55. The lowest BCUT2D eigenvalue weighted by atomic mass is 10.0. The number of benzene rings is 2. The number of nitrogens with zero attached hydrogens (tertiary/aromatic N) is 1. The second-order valence-corrected chi connectivity index (χ2v) is 9.93. The minimum absolute atomic E-state index is 0.0638. The number of hydrogen-bond donors (Lipinski definition) is 1. The van der Waals surface area contributed by atoms with E-state index in [9.17, 15) is 9.59 Å². The van der Waals surface area contributed by atoms with Crippen molar-refractivity contribution in [2.75, 3.05) is 16.0 Å². The van der Waals surface area contributed by atoms with Gasteiger partial charge in [-0.15, -0.1) is 11.8 Å². The summed E-state index contributed by atoms with van der Waals surface area (Å²) in [5, 5.41) is 2.96. The van der Waals surface area contributed by atoms with Crippen LogP contribution in [0.15, 0.2) is 48.5 Å². The van der Waals surface area contributed by atoms with E-state index >= 15 is 0 Å². The van der Waals surface area contributed by atoms with Crippen LogP contribution in [0, 0.1) is 0 Å². The molecular weight excluding hydrogens is 416 g/mol. The molecule has 1 fully saturated rings. The smallest absolute Gasteiger partial charge is 0.238 e. The molecule has 1 heterocycles. The summed E-state index contributed by atoms with van der Waals surface area (Å²) in [7, 11) is 0. The van der Waals surface area contributed by atoms with Crippen LogP contribution in [0.4, 0.5) is 11.4 Å². The molecule has 4 nitrogen and oxygen atoms in total. The molecule has 0 radical (unpaired) electrons. The first-order chi connectivity index (χ1) is 15.5. The molecule has 3 rings (SSSR count). The molecule has 0 aliphatic carbocycles. The number of carbonyl (C=O) groups is 2. The number of rotatable bonds is 11. The molecule has 2 amide bonds. The van der Waals surface area contributed by atoms with Gasteiger partial charge in [0.15, 0.2) is 0 Å². The number of hydrogen-bond acceptors (Lipinski definition) is 3. The second-order valence-electron chi connectivity index (χ2n) is 8.86. The summed E-state index contributed by atoms with van der Waals surface area (Å²) < 4.78 is 0. The molecular formula is C27H36N2O2S. The molecule has 1 atom stereocenters. The van der Waals surface area contributed by atoms with Crippen molar-refractivity contribution < 1.29 is 9.59 Å². The Morgan fingerprint density at radius 3 is 2.50 bits per heavy atom. The maximum atomic E-state index is 12.7. The SMILES string of the molecule is CCCCCCCCC(=O)Nc1cccc([C@@H]2SCC(=O)N2c2ccc(C(C)C)cc2)c1. The predicted molar refractivity (Wildman–Crippen MR) is 136 cm³/mol. The van der Waals surface area contributed by atoms with E-state index in [1.54, 1.807) is 11.8 Å². The molecule has 0 aromatic heterocycles. The van der Waals surface area contributed by atoms with Crippen LogP contribution in [0.3, 0.4) is 0 Å². The number of nitrogens with one attached hydrogen (secondary N) is 1. The zero-order chi connectivity index (χ0) is 22.9. The molecule has 5 heteroatoms. The highest BCUT2D eigenvalue weighted by Crippen LogP contribution is 2.42. The van der Waals surface area contributed by atoms with Gasteiger partial charge in [0.05, 0.1) is 5.75 Å². The van der Waals surface area contributed by atoms with Gasteiger partial charge in [0, 0.05) is 17.8 Å². The highest BCUT2D eigenvalue weighted by atomic mass is 32.2. The van der Waals surface area contributed by atoms with Gasteiger partial charge >= 0.3 is 0 Å². The summed E-state index contributed by atoms with van der Waals surface area (Å²) in [5.74, 6) is 1.11. The molecule has 1 saturated heterocycles. The molecule has 2 aromatic carbocycles. The molecule has 0 spiro atoms. The highest BCUT2D eigenvalue weighted by molar-refractivity contribution is 8.00. The fourth-order valence-electron chi connectivity index (χ4n) is 4.03. The van der Waals surface area contributed by atoms with E-state index in [0.717, 1.165) is 29.8 Å². The maximum absolute atomic E-state index is 12.7. The van der Waals surface area contributed by atoms with Crippen molar-refractivity contribution in [2.45, 2.75) is 77.0 Å². The number of carbonyl (C=O) groups excluding carboxylic acids is 2. The van der Waals surface area contributed by atoms with Crippen LogP contribution in [0.5, 0.6) is 0 Å². The quantitative estimate of drug-likeness (QED) is 0.365. The lowest BCUT2D eigenvalue weighted by Gasteiger charge is -2.25. The van der Waals surface area contributed by atoms with Crippen molar-refractivity contribution in [1.82, 2.24) is 0 Å². The van der Waals surface area contributed by atoms with Crippen molar-refractivity contribution in [3.05, 3.63) is 59.7 Å². The van der Waals surface area contributed by atoms with Gasteiger partial charge < -0.3 is 5.32 Å². The van der Waals surface area contributed by atoms with Crippen LogP contribution >= 0.6 is 11.8 Å². The number of anilines is 2. The fraction of sp³-hybridized carbons (Fsp3) is 0.481. The van der Waals surface area contributed by atoms with E-state index < -0.39 is 0 Å². The average Bonchev–Trinajstić information content (AvgIpc) is 3.17. The lowest BCUT2D eigenvalue weighted by Crippen LogP contribution is -2.27. The first-order valence-corrected chi connectivity index (χ1v) is 13.0. The average molecular weight is 453 g/mol. The summed E-state index contributed by atoms with van der Waals surface area (Å²) in [6, 6.07) is 16.2. The van der Waals surface area contributed by atoms with Gasteiger partial charge in [0.2, 0.25) is 11.8 Å². The van der Waals surface area contributed by atoms with Crippen LogP contribution in [-0.2, 0) is 9.59 Å². The third-order valence-corrected chi connectivity index (χ3v) is 7.13. The Labute approximate surface area is 197 Å². The predicted octanol–water partition coefficient (Wildman–Crippen LogP) is 7.28. The van der Waals surface area contributed by atoms with Crippen LogP contribution in [0.1, 0.15) is 88.1 Å². The Kier molecular flexibility index (Phi) is 9.22. The highest BCUT2D eigenvalue weighted by Gasteiger charge is 2.34. The first kappa shape index (κ1) is 24.4. The van der Waals surface area contributed by atoms with Crippen molar-refractivity contribution in [2.24, 2.45) is 0 Å². The molecule has 0 bridgehead atoms. The molecule has 1 aliphatic rings. The van der Waals surface area contributed by atoms with E-state index in [2.05, 4.69) is 38.2 Å². The van der Waals surface area contributed by atoms with Crippen LogP contribution in [0.25, 0.3) is 0 Å². The third kappa shape index (κ3) is 6.61. The third-order valence-electron chi connectivity index (χ3n) is 5.92. The van der Waals surface area contributed by atoms with E-state index in [1.165, 1.54) is 31.2 Å². The maximum Gasteiger partial charge on any atom is 0.238 e. The van der Waals surface area contributed by atoms with E-state index in [4.69, 9.17) is 0 Å². The Morgan fingerprint density at radius 2 is 1.78 bits per heavy atom. The van der Waals surface area contributed by atoms with E-state index in [-0.39, 0.29) is 17.2 Å².